The minimum Gasteiger partial charge on any atom is -1.00 e. The second kappa shape index (κ2) is 12.3. The summed E-state index contributed by atoms with van der Waals surface area (Å²) >= 11 is 0. The Hall–Kier alpha value is -0.190. The molecule has 1 atom stereocenters. The van der Waals surface area contributed by atoms with Gasteiger partial charge in [-0.1, -0.05) is 31.9 Å². The quantitative estimate of drug-likeness (QED) is 0.358. The zero-order valence-electron chi connectivity index (χ0n) is 13.9. The number of halogens is 2. The number of allylic oxidation sites excluding steroid dienone is 2. The molecule has 0 aliphatic carbocycles. The molecule has 0 aromatic carbocycles. The monoisotopic (exact) mass is 432 g/mol. The lowest BCUT2D eigenvalue weighted by Crippen LogP contribution is -3.00. The van der Waals surface area contributed by atoms with Crippen LogP contribution in [0.5, 0.6) is 0 Å². The second-order valence-electron chi connectivity index (χ2n) is 5.92. The van der Waals surface area contributed by atoms with E-state index in [0.29, 0.717) is 6.04 Å². The number of rotatable bonds is 7. The standard InChI is InChI=1S/C18H29N2.2BrH/c1-3-4-5-6-7-8-14-20-15-9-11-17(16-20)18-12-10-13-19(18)2;;/h6-7,9,11,15-16,18H,3-5,8,10,12-14H2,1-2H3;2*1H/q+1;;/p-1/b7-6+;;/t18-;;/m0../s1. The van der Waals surface area contributed by atoms with Gasteiger partial charge < -0.3 is 17.0 Å². The third-order valence-corrected chi connectivity index (χ3v) is 4.23. The lowest BCUT2D eigenvalue weighted by molar-refractivity contribution is -0.696. The molecule has 4 heteroatoms. The lowest BCUT2D eigenvalue weighted by Gasteiger charge is -2.18. The van der Waals surface area contributed by atoms with Crippen LogP contribution in [0.25, 0.3) is 0 Å². The summed E-state index contributed by atoms with van der Waals surface area (Å²) in [6.07, 6.45) is 16.8. The summed E-state index contributed by atoms with van der Waals surface area (Å²) in [7, 11) is 2.24. The Kier molecular flexibility index (Phi) is 12.2. The molecule has 0 spiro atoms. The van der Waals surface area contributed by atoms with Crippen molar-refractivity contribution in [3.8, 4) is 0 Å². The summed E-state index contributed by atoms with van der Waals surface area (Å²) in [5, 5.41) is 0. The molecule has 1 saturated heterocycles. The first-order valence-electron chi connectivity index (χ1n) is 8.15. The van der Waals surface area contributed by atoms with Crippen LogP contribution in [0.4, 0.5) is 0 Å². The van der Waals surface area contributed by atoms with Crippen LogP contribution in [0.1, 0.15) is 57.1 Å². The minimum atomic E-state index is 0. The van der Waals surface area contributed by atoms with Crippen molar-refractivity contribution in [2.45, 2.75) is 58.0 Å². The van der Waals surface area contributed by atoms with Crippen molar-refractivity contribution in [1.29, 1.82) is 0 Å². The molecule has 22 heavy (non-hydrogen) atoms. The Morgan fingerprint density at radius 1 is 1.32 bits per heavy atom. The summed E-state index contributed by atoms with van der Waals surface area (Å²) in [5.41, 5.74) is 1.47. The Morgan fingerprint density at radius 3 is 2.77 bits per heavy atom. The summed E-state index contributed by atoms with van der Waals surface area (Å²) in [4.78, 5) is 2.48. The molecule has 1 aliphatic heterocycles. The van der Waals surface area contributed by atoms with Gasteiger partial charge in [-0.3, -0.25) is 4.90 Å². The third kappa shape index (κ3) is 6.93. The van der Waals surface area contributed by atoms with E-state index in [-0.39, 0.29) is 34.0 Å². The number of aromatic nitrogens is 1. The maximum atomic E-state index is 2.48. The van der Waals surface area contributed by atoms with Crippen molar-refractivity contribution in [3.63, 3.8) is 0 Å². The molecular weight excluding hydrogens is 404 g/mol. The maximum Gasteiger partial charge on any atom is 0.173 e. The van der Waals surface area contributed by atoms with E-state index >= 15 is 0 Å². The van der Waals surface area contributed by atoms with E-state index in [1.807, 2.05) is 0 Å². The van der Waals surface area contributed by atoms with Crippen LogP contribution >= 0.6 is 17.0 Å². The summed E-state index contributed by atoms with van der Waals surface area (Å²) in [6, 6.07) is 5.10. The van der Waals surface area contributed by atoms with Gasteiger partial charge in [-0.25, -0.2) is 4.57 Å². The van der Waals surface area contributed by atoms with Crippen molar-refractivity contribution < 1.29 is 21.5 Å². The molecule has 0 unspecified atom stereocenters. The zero-order chi connectivity index (χ0) is 14.2. The van der Waals surface area contributed by atoms with Gasteiger partial charge in [0, 0.05) is 24.1 Å². The normalized spacial score (nSPS) is 18.2. The molecule has 1 aromatic heterocycles. The van der Waals surface area contributed by atoms with Crippen LogP contribution in [-0.2, 0) is 6.54 Å². The van der Waals surface area contributed by atoms with Crippen molar-refractivity contribution in [1.82, 2.24) is 4.90 Å². The SMILES string of the molecule is Br.CCCC/C=C/CC[n+]1cccc([C@@H]2CCCN2C)c1.[Br-]. The lowest BCUT2D eigenvalue weighted by atomic mass is 10.1. The van der Waals surface area contributed by atoms with Gasteiger partial charge in [0.25, 0.3) is 0 Å². The van der Waals surface area contributed by atoms with Crippen LogP contribution in [0.3, 0.4) is 0 Å². The molecule has 1 aromatic rings. The van der Waals surface area contributed by atoms with Crippen molar-refractivity contribution in [2.75, 3.05) is 13.6 Å². The van der Waals surface area contributed by atoms with Crippen molar-refractivity contribution in [2.24, 2.45) is 0 Å². The summed E-state index contributed by atoms with van der Waals surface area (Å²) in [5.74, 6) is 0. The van der Waals surface area contributed by atoms with Crippen LogP contribution in [0, 0.1) is 0 Å². The average molecular weight is 434 g/mol. The topological polar surface area (TPSA) is 7.12 Å². The van der Waals surface area contributed by atoms with Crippen LogP contribution in [0.15, 0.2) is 36.7 Å². The van der Waals surface area contributed by atoms with Crippen molar-refractivity contribution >= 4 is 17.0 Å². The van der Waals surface area contributed by atoms with Gasteiger partial charge in [-0.05, 0) is 38.9 Å². The predicted molar refractivity (Wildman–Crippen MR) is 94.8 cm³/mol. The van der Waals surface area contributed by atoms with E-state index in [0.717, 1.165) is 13.0 Å². The molecule has 0 radical (unpaired) electrons. The van der Waals surface area contributed by atoms with E-state index in [9.17, 15) is 0 Å². The first-order valence-corrected chi connectivity index (χ1v) is 8.15. The van der Waals surface area contributed by atoms with Gasteiger partial charge in [-0.2, -0.15) is 0 Å². The van der Waals surface area contributed by atoms with Gasteiger partial charge in [0.05, 0.1) is 0 Å². The summed E-state index contributed by atoms with van der Waals surface area (Å²) < 4.78 is 2.34. The molecule has 1 fully saturated rings. The van der Waals surface area contributed by atoms with E-state index in [1.165, 1.54) is 44.2 Å². The molecule has 0 amide bonds. The predicted octanol–water partition coefficient (Wildman–Crippen LogP) is 1.46. The Morgan fingerprint density at radius 2 is 2.09 bits per heavy atom. The first-order chi connectivity index (χ1) is 9.81. The van der Waals surface area contributed by atoms with E-state index in [4.69, 9.17) is 0 Å². The highest BCUT2D eigenvalue weighted by Crippen LogP contribution is 2.29. The number of likely N-dealkylation sites (tertiary alicyclic amines) is 1. The van der Waals surface area contributed by atoms with Crippen LogP contribution < -0.4 is 21.5 Å². The molecule has 2 rings (SSSR count). The van der Waals surface area contributed by atoms with Gasteiger partial charge in [-0.15, -0.1) is 17.0 Å². The van der Waals surface area contributed by atoms with Gasteiger partial charge in [0.1, 0.15) is 0 Å². The fourth-order valence-electron chi connectivity index (χ4n) is 2.99. The molecule has 2 heterocycles. The van der Waals surface area contributed by atoms with E-state index in [1.54, 1.807) is 0 Å². The molecular formula is C18H30Br2N2. The minimum absolute atomic E-state index is 0. The molecule has 0 N–H and O–H groups in total. The number of nitrogens with zero attached hydrogens (tertiary/aromatic N) is 2. The number of hydrogen-bond donors (Lipinski definition) is 0. The second-order valence-corrected chi connectivity index (χ2v) is 5.92. The number of hydrogen-bond acceptors (Lipinski definition) is 1. The van der Waals surface area contributed by atoms with E-state index < -0.39 is 0 Å². The van der Waals surface area contributed by atoms with Crippen LogP contribution in [0.2, 0.25) is 0 Å². The first kappa shape index (κ1) is 21.8. The average Bonchev–Trinajstić information content (AvgIpc) is 2.89. The molecule has 126 valence electrons. The highest BCUT2D eigenvalue weighted by molar-refractivity contribution is 8.93. The highest BCUT2D eigenvalue weighted by Gasteiger charge is 2.24. The Bertz CT molecular complexity index is 435. The van der Waals surface area contributed by atoms with Gasteiger partial charge >= 0.3 is 0 Å². The summed E-state index contributed by atoms with van der Waals surface area (Å²) in [6.45, 7) is 4.57. The molecule has 0 saturated carbocycles. The molecule has 0 bridgehead atoms. The third-order valence-electron chi connectivity index (χ3n) is 4.23. The maximum absolute atomic E-state index is 2.48. The zero-order valence-corrected chi connectivity index (χ0v) is 17.2. The number of aryl methyl sites for hydroxylation is 1. The molecule has 1 aliphatic rings. The largest absolute Gasteiger partial charge is 1.00 e. The van der Waals surface area contributed by atoms with Gasteiger partial charge in [0.15, 0.2) is 18.9 Å². The smallest absolute Gasteiger partial charge is 0.173 e. The Balaban J connectivity index is 0.00000220. The fourth-order valence-corrected chi connectivity index (χ4v) is 2.99. The highest BCUT2D eigenvalue weighted by atomic mass is 79.9. The molecule has 2 nitrogen and oxygen atoms in total. The Labute approximate surface area is 157 Å². The van der Waals surface area contributed by atoms with E-state index in [2.05, 4.69) is 60.1 Å². The number of unbranched alkanes of at least 4 members (excludes halogenated alkanes) is 2. The number of pyridine rings is 1. The van der Waals surface area contributed by atoms with Gasteiger partial charge in [0.2, 0.25) is 0 Å². The fraction of sp³-hybridized carbons (Fsp3) is 0.611. The van der Waals surface area contributed by atoms with Crippen LogP contribution in [-0.4, -0.2) is 18.5 Å². The van der Waals surface area contributed by atoms with Crippen molar-refractivity contribution in [3.05, 3.63) is 42.2 Å².